The van der Waals surface area contributed by atoms with Crippen LogP contribution in [0.1, 0.15) is 51.2 Å². The van der Waals surface area contributed by atoms with Crippen molar-refractivity contribution in [3.63, 3.8) is 0 Å². The summed E-state index contributed by atoms with van der Waals surface area (Å²) >= 11 is 0. The average molecular weight is 294 g/mol. The van der Waals surface area contributed by atoms with E-state index in [4.69, 9.17) is 4.74 Å². The predicted octanol–water partition coefficient (Wildman–Crippen LogP) is 3.50. The smallest absolute Gasteiger partial charge is 0.179 e. The predicted molar refractivity (Wildman–Crippen MR) is 78.4 cm³/mol. The zero-order valence-corrected chi connectivity index (χ0v) is 12.9. The lowest BCUT2D eigenvalue weighted by Crippen LogP contribution is -2.34. The number of epoxide rings is 1. The van der Waals surface area contributed by atoms with Gasteiger partial charge in [0.25, 0.3) is 0 Å². The van der Waals surface area contributed by atoms with E-state index in [1.807, 2.05) is 12.1 Å². The maximum atomic E-state index is 12.7. The van der Waals surface area contributed by atoms with Crippen molar-refractivity contribution in [1.82, 2.24) is 0 Å². The van der Waals surface area contributed by atoms with Gasteiger partial charge in [-0.25, -0.2) is 8.42 Å². The van der Waals surface area contributed by atoms with Crippen molar-refractivity contribution >= 4 is 9.84 Å². The van der Waals surface area contributed by atoms with E-state index in [0.717, 1.165) is 31.2 Å². The van der Waals surface area contributed by atoms with Gasteiger partial charge >= 0.3 is 0 Å². The van der Waals surface area contributed by atoms with E-state index in [1.165, 1.54) is 0 Å². The minimum absolute atomic E-state index is 0.0136. The molecule has 0 saturated carbocycles. The second kappa shape index (κ2) is 4.85. The standard InChI is InChI=1S/C16H22O3S/c1-3-5-10-16(4-2)11-20(17,18)13-9-7-6-8-12(13)14-15(16)19-14/h6-9,14-15H,3-5,10-11H2,1-2H3. The number of hydrogen-bond acceptors (Lipinski definition) is 3. The van der Waals surface area contributed by atoms with Gasteiger partial charge in [0.05, 0.1) is 16.8 Å². The molecule has 0 bridgehead atoms. The summed E-state index contributed by atoms with van der Waals surface area (Å²) in [7, 11) is -3.21. The first kappa shape index (κ1) is 14.1. The SMILES string of the molecule is CCCCC1(CC)CS(=O)(=O)c2ccccc2C2OC21. The summed E-state index contributed by atoms with van der Waals surface area (Å²) in [4.78, 5) is 0.485. The summed E-state index contributed by atoms with van der Waals surface area (Å²) in [5.41, 5.74) is 0.655. The second-order valence-corrected chi connectivity index (χ2v) is 8.05. The largest absolute Gasteiger partial charge is 0.364 e. The van der Waals surface area contributed by atoms with Gasteiger partial charge in [-0.15, -0.1) is 0 Å². The lowest BCUT2D eigenvalue weighted by atomic mass is 9.77. The van der Waals surface area contributed by atoms with Gasteiger partial charge in [-0.1, -0.05) is 44.9 Å². The first-order valence-corrected chi connectivity index (χ1v) is 9.16. The molecule has 2 aliphatic heterocycles. The molecule has 0 spiro atoms. The number of sulfone groups is 1. The van der Waals surface area contributed by atoms with Gasteiger partial charge < -0.3 is 4.74 Å². The van der Waals surface area contributed by atoms with Gasteiger partial charge in [0.1, 0.15) is 6.10 Å². The molecule has 1 saturated heterocycles. The Labute approximate surface area is 121 Å². The minimum Gasteiger partial charge on any atom is -0.364 e. The molecule has 0 amide bonds. The van der Waals surface area contributed by atoms with Crippen LogP contribution in [-0.4, -0.2) is 20.3 Å². The van der Waals surface area contributed by atoms with Crippen LogP contribution in [0.5, 0.6) is 0 Å². The molecule has 0 radical (unpaired) electrons. The van der Waals surface area contributed by atoms with Crippen LogP contribution in [0.25, 0.3) is 0 Å². The highest BCUT2D eigenvalue weighted by molar-refractivity contribution is 7.91. The zero-order valence-electron chi connectivity index (χ0n) is 12.1. The van der Waals surface area contributed by atoms with Gasteiger partial charge in [0, 0.05) is 11.0 Å². The molecular weight excluding hydrogens is 272 g/mol. The van der Waals surface area contributed by atoms with Crippen LogP contribution in [0.3, 0.4) is 0 Å². The molecule has 2 heterocycles. The number of benzene rings is 1. The molecule has 1 aromatic rings. The Balaban J connectivity index is 2.06. The van der Waals surface area contributed by atoms with Crippen molar-refractivity contribution < 1.29 is 13.2 Å². The minimum atomic E-state index is -3.21. The molecule has 0 aromatic heterocycles. The number of fused-ring (bicyclic) bond motifs is 3. The normalized spacial score (nSPS) is 33.9. The van der Waals surface area contributed by atoms with Crippen molar-refractivity contribution in [2.24, 2.45) is 5.41 Å². The fraction of sp³-hybridized carbons (Fsp3) is 0.625. The third-order valence-corrected chi connectivity index (χ3v) is 6.86. The van der Waals surface area contributed by atoms with Gasteiger partial charge in [-0.3, -0.25) is 0 Å². The molecular formula is C16H22O3S. The van der Waals surface area contributed by atoms with Crippen molar-refractivity contribution in [1.29, 1.82) is 0 Å². The van der Waals surface area contributed by atoms with Crippen molar-refractivity contribution in [3.8, 4) is 0 Å². The molecule has 3 nitrogen and oxygen atoms in total. The van der Waals surface area contributed by atoms with Gasteiger partial charge in [-0.05, 0) is 18.9 Å². The fourth-order valence-corrected chi connectivity index (χ4v) is 5.83. The highest BCUT2D eigenvalue weighted by Gasteiger charge is 2.58. The van der Waals surface area contributed by atoms with Gasteiger partial charge in [-0.2, -0.15) is 0 Å². The van der Waals surface area contributed by atoms with Crippen LogP contribution in [0.2, 0.25) is 0 Å². The van der Waals surface area contributed by atoms with Crippen LogP contribution < -0.4 is 0 Å². The average Bonchev–Trinajstić information content (AvgIpc) is 3.24. The molecule has 20 heavy (non-hydrogen) atoms. The Bertz CT molecular complexity index is 608. The lowest BCUT2D eigenvalue weighted by molar-refractivity contribution is 0.192. The number of hydrogen-bond donors (Lipinski definition) is 0. The lowest BCUT2D eigenvalue weighted by Gasteiger charge is -2.30. The van der Waals surface area contributed by atoms with Crippen LogP contribution in [0, 0.1) is 5.41 Å². The maximum Gasteiger partial charge on any atom is 0.179 e. The Morgan fingerprint density at radius 2 is 2.05 bits per heavy atom. The van der Waals surface area contributed by atoms with Crippen LogP contribution in [0.15, 0.2) is 29.2 Å². The molecule has 3 rings (SSSR count). The second-order valence-electron chi connectivity index (χ2n) is 6.09. The molecule has 2 aliphatic rings. The van der Waals surface area contributed by atoms with Crippen molar-refractivity contribution in [2.45, 2.75) is 56.6 Å². The summed E-state index contributed by atoms with van der Waals surface area (Å²) in [6, 6.07) is 7.34. The molecule has 3 atom stereocenters. The molecule has 0 N–H and O–H groups in total. The number of ether oxygens (including phenoxy) is 1. The quantitative estimate of drug-likeness (QED) is 0.798. The first-order valence-electron chi connectivity index (χ1n) is 7.51. The zero-order chi connectivity index (χ0) is 14.4. The fourth-order valence-electron chi connectivity index (χ4n) is 3.57. The summed E-state index contributed by atoms with van der Waals surface area (Å²) < 4.78 is 31.4. The molecule has 3 unspecified atom stereocenters. The van der Waals surface area contributed by atoms with Gasteiger partial charge in [0.15, 0.2) is 9.84 Å². The summed E-state index contributed by atoms with van der Waals surface area (Å²) in [5.74, 6) is 0.231. The highest BCUT2D eigenvalue weighted by Crippen LogP contribution is 2.57. The van der Waals surface area contributed by atoms with Gasteiger partial charge in [0.2, 0.25) is 0 Å². The molecule has 1 fully saturated rings. The first-order chi connectivity index (χ1) is 9.54. The Morgan fingerprint density at radius 1 is 1.30 bits per heavy atom. The monoisotopic (exact) mass is 294 g/mol. The summed E-state index contributed by atoms with van der Waals surface area (Å²) in [6.07, 6.45) is 4.02. The van der Waals surface area contributed by atoms with E-state index in [9.17, 15) is 8.42 Å². The molecule has 1 aromatic carbocycles. The Hall–Kier alpha value is -0.870. The van der Waals surface area contributed by atoms with Crippen molar-refractivity contribution in [2.75, 3.05) is 5.75 Å². The van der Waals surface area contributed by atoms with E-state index in [0.29, 0.717) is 4.90 Å². The maximum absolute atomic E-state index is 12.7. The van der Waals surface area contributed by atoms with Crippen molar-refractivity contribution in [3.05, 3.63) is 29.8 Å². The molecule has 110 valence electrons. The Morgan fingerprint density at radius 3 is 2.75 bits per heavy atom. The third kappa shape index (κ3) is 2.09. The summed E-state index contributed by atoms with van der Waals surface area (Å²) in [5, 5.41) is 0. The van der Waals surface area contributed by atoms with Crippen LogP contribution in [0.4, 0.5) is 0 Å². The topological polar surface area (TPSA) is 46.7 Å². The Kier molecular flexibility index (Phi) is 3.41. The summed E-state index contributed by atoms with van der Waals surface area (Å²) in [6.45, 7) is 4.24. The van der Waals surface area contributed by atoms with Crippen LogP contribution >= 0.6 is 0 Å². The van der Waals surface area contributed by atoms with E-state index in [2.05, 4.69) is 13.8 Å². The van der Waals surface area contributed by atoms with E-state index in [-0.39, 0.29) is 23.4 Å². The third-order valence-electron chi connectivity index (χ3n) is 4.87. The number of unbranched alkanes of at least 4 members (excludes halogenated alkanes) is 1. The van der Waals surface area contributed by atoms with E-state index >= 15 is 0 Å². The van der Waals surface area contributed by atoms with Crippen LogP contribution in [-0.2, 0) is 14.6 Å². The molecule has 4 heteroatoms. The number of rotatable bonds is 4. The molecule has 0 aliphatic carbocycles. The highest BCUT2D eigenvalue weighted by atomic mass is 32.2. The van der Waals surface area contributed by atoms with E-state index in [1.54, 1.807) is 12.1 Å². The van der Waals surface area contributed by atoms with E-state index < -0.39 is 9.84 Å².